The second-order valence-electron chi connectivity index (χ2n) is 5.05. The number of halogens is 1. The Balaban J connectivity index is 2.40. The van der Waals surface area contributed by atoms with Crippen LogP contribution in [-0.2, 0) is 10.0 Å². The number of rotatable bonds is 4. The maximum atomic E-state index is 12.5. The van der Waals surface area contributed by atoms with E-state index in [1.54, 1.807) is 30.3 Å². The fourth-order valence-electron chi connectivity index (χ4n) is 2.02. The summed E-state index contributed by atoms with van der Waals surface area (Å²) in [6.07, 6.45) is 0. The van der Waals surface area contributed by atoms with Crippen LogP contribution in [0.5, 0.6) is 0 Å². The largest absolute Gasteiger partial charge is 0.279 e. The van der Waals surface area contributed by atoms with Crippen LogP contribution in [-0.4, -0.2) is 8.42 Å². The number of sulfonamides is 1. The van der Waals surface area contributed by atoms with Gasteiger partial charge in [0.25, 0.3) is 10.0 Å². The SMILES string of the molecule is Cc1ccc(S(=O)(=O)Nc2ccccc2C(C)Cl)cc1C. The van der Waals surface area contributed by atoms with Gasteiger partial charge in [0, 0.05) is 0 Å². The lowest BCUT2D eigenvalue weighted by Gasteiger charge is -2.14. The van der Waals surface area contributed by atoms with Crippen molar-refractivity contribution in [1.29, 1.82) is 0 Å². The van der Waals surface area contributed by atoms with Crippen molar-refractivity contribution in [3.63, 3.8) is 0 Å². The van der Waals surface area contributed by atoms with Crippen molar-refractivity contribution in [3.8, 4) is 0 Å². The third kappa shape index (κ3) is 3.57. The van der Waals surface area contributed by atoms with Crippen LogP contribution < -0.4 is 4.72 Å². The molecule has 21 heavy (non-hydrogen) atoms. The van der Waals surface area contributed by atoms with Crippen molar-refractivity contribution in [1.82, 2.24) is 0 Å². The van der Waals surface area contributed by atoms with Crippen molar-refractivity contribution in [3.05, 3.63) is 59.2 Å². The summed E-state index contributed by atoms with van der Waals surface area (Å²) in [6.45, 7) is 5.65. The van der Waals surface area contributed by atoms with Gasteiger partial charge in [-0.05, 0) is 55.7 Å². The Morgan fingerprint density at radius 3 is 2.33 bits per heavy atom. The summed E-state index contributed by atoms with van der Waals surface area (Å²) < 4.78 is 27.6. The molecule has 0 aliphatic rings. The maximum absolute atomic E-state index is 12.5. The molecule has 1 N–H and O–H groups in total. The highest BCUT2D eigenvalue weighted by molar-refractivity contribution is 7.92. The summed E-state index contributed by atoms with van der Waals surface area (Å²) >= 11 is 6.09. The molecule has 2 aromatic rings. The van der Waals surface area contributed by atoms with Crippen molar-refractivity contribution < 1.29 is 8.42 Å². The number of hydrogen-bond acceptors (Lipinski definition) is 2. The molecule has 2 rings (SSSR count). The summed E-state index contributed by atoms with van der Waals surface area (Å²) in [5.74, 6) is 0. The number of nitrogens with one attached hydrogen (secondary N) is 1. The Bertz CT molecular complexity index is 755. The smallest absolute Gasteiger partial charge is 0.261 e. The lowest BCUT2D eigenvalue weighted by atomic mass is 10.1. The second-order valence-corrected chi connectivity index (χ2v) is 7.39. The van der Waals surface area contributed by atoms with Crippen LogP contribution in [0.1, 0.15) is 29.0 Å². The molecule has 0 fully saturated rings. The average Bonchev–Trinajstić information content (AvgIpc) is 2.41. The topological polar surface area (TPSA) is 46.2 Å². The molecule has 0 aliphatic heterocycles. The average molecular weight is 324 g/mol. The van der Waals surface area contributed by atoms with E-state index in [0.717, 1.165) is 16.7 Å². The normalized spacial score (nSPS) is 13.0. The predicted molar refractivity (Wildman–Crippen MR) is 87.4 cm³/mol. The first-order chi connectivity index (χ1) is 9.81. The molecule has 0 amide bonds. The molecule has 5 heteroatoms. The van der Waals surface area contributed by atoms with Crippen LogP contribution in [0.3, 0.4) is 0 Å². The minimum Gasteiger partial charge on any atom is -0.279 e. The Hall–Kier alpha value is -1.52. The highest BCUT2D eigenvalue weighted by Gasteiger charge is 2.17. The first-order valence-corrected chi connectivity index (χ1v) is 8.56. The standard InChI is InChI=1S/C16H18ClNO2S/c1-11-8-9-14(10-12(11)2)21(19,20)18-16-7-5-4-6-15(16)13(3)17/h4-10,13,18H,1-3H3. The van der Waals surface area contributed by atoms with Crippen LogP contribution in [0.4, 0.5) is 5.69 Å². The molecule has 0 bridgehead atoms. The molecule has 1 atom stereocenters. The Labute approximate surface area is 131 Å². The summed E-state index contributed by atoms with van der Waals surface area (Å²) in [4.78, 5) is 0.252. The van der Waals surface area contributed by atoms with E-state index in [9.17, 15) is 8.42 Å². The van der Waals surface area contributed by atoms with Gasteiger partial charge >= 0.3 is 0 Å². The third-order valence-corrected chi connectivity index (χ3v) is 5.02. The van der Waals surface area contributed by atoms with Crippen molar-refractivity contribution in [2.24, 2.45) is 0 Å². The summed E-state index contributed by atoms with van der Waals surface area (Å²) in [5.41, 5.74) is 3.27. The van der Waals surface area contributed by atoms with Gasteiger partial charge in [-0.25, -0.2) is 8.42 Å². The molecule has 0 radical (unpaired) electrons. The number of benzene rings is 2. The van der Waals surface area contributed by atoms with Gasteiger partial charge in [-0.15, -0.1) is 11.6 Å². The Kier molecular flexibility index (Phi) is 4.59. The van der Waals surface area contributed by atoms with Crippen LogP contribution >= 0.6 is 11.6 Å². The van der Waals surface area contributed by atoms with Gasteiger partial charge in [-0.1, -0.05) is 24.3 Å². The van der Waals surface area contributed by atoms with E-state index in [1.165, 1.54) is 0 Å². The zero-order valence-corrected chi connectivity index (χ0v) is 13.8. The van der Waals surface area contributed by atoms with E-state index in [-0.39, 0.29) is 10.3 Å². The quantitative estimate of drug-likeness (QED) is 0.847. The van der Waals surface area contributed by atoms with Crippen LogP contribution in [0.25, 0.3) is 0 Å². The molecular weight excluding hydrogens is 306 g/mol. The Morgan fingerprint density at radius 1 is 1.05 bits per heavy atom. The van der Waals surface area contributed by atoms with Gasteiger partial charge in [-0.3, -0.25) is 4.72 Å². The molecule has 0 aliphatic carbocycles. The molecule has 112 valence electrons. The van der Waals surface area contributed by atoms with E-state index in [0.29, 0.717) is 5.69 Å². The fraction of sp³-hybridized carbons (Fsp3) is 0.250. The molecule has 3 nitrogen and oxygen atoms in total. The van der Waals surface area contributed by atoms with Gasteiger partial charge in [-0.2, -0.15) is 0 Å². The van der Waals surface area contributed by atoms with E-state index >= 15 is 0 Å². The first kappa shape index (κ1) is 15.9. The summed E-state index contributed by atoms with van der Waals surface area (Å²) in [5, 5.41) is -0.274. The van der Waals surface area contributed by atoms with Gasteiger partial charge in [0.05, 0.1) is 16.0 Å². The third-order valence-electron chi connectivity index (χ3n) is 3.42. The van der Waals surface area contributed by atoms with Crippen molar-refractivity contribution >= 4 is 27.3 Å². The molecule has 0 saturated carbocycles. The monoisotopic (exact) mass is 323 g/mol. The molecule has 0 spiro atoms. The van der Waals surface area contributed by atoms with E-state index in [1.807, 2.05) is 32.9 Å². The Morgan fingerprint density at radius 2 is 1.71 bits per heavy atom. The van der Waals surface area contributed by atoms with Crippen molar-refractivity contribution in [2.75, 3.05) is 4.72 Å². The number of para-hydroxylation sites is 1. The van der Waals surface area contributed by atoms with Gasteiger partial charge in [0.15, 0.2) is 0 Å². The van der Waals surface area contributed by atoms with Gasteiger partial charge in [0.2, 0.25) is 0 Å². The molecule has 0 heterocycles. The molecule has 0 aromatic heterocycles. The molecule has 1 unspecified atom stereocenters. The minimum atomic E-state index is -3.62. The summed E-state index contributed by atoms with van der Waals surface area (Å²) in [7, 11) is -3.62. The number of aryl methyl sites for hydroxylation is 2. The van der Waals surface area contributed by atoms with E-state index in [2.05, 4.69) is 4.72 Å². The predicted octanol–water partition coefficient (Wildman–Crippen LogP) is 4.40. The number of hydrogen-bond donors (Lipinski definition) is 1. The molecular formula is C16H18ClNO2S. The first-order valence-electron chi connectivity index (χ1n) is 6.64. The molecule has 0 saturated heterocycles. The fourth-order valence-corrected chi connectivity index (χ4v) is 3.38. The van der Waals surface area contributed by atoms with Crippen LogP contribution in [0.15, 0.2) is 47.4 Å². The van der Waals surface area contributed by atoms with Gasteiger partial charge < -0.3 is 0 Å². The van der Waals surface area contributed by atoms with Crippen LogP contribution in [0.2, 0.25) is 0 Å². The number of alkyl halides is 1. The second kappa shape index (κ2) is 6.08. The van der Waals surface area contributed by atoms with Crippen LogP contribution in [0, 0.1) is 13.8 Å². The zero-order chi connectivity index (χ0) is 15.6. The maximum Gasteiger partial charge on any atom is 0.261 e. The minimum absolute atomic E-state index is 0.252. The number of anilines is 1. The lowest BCUT2D eigenvalue weighted by Crippen LogP contribution is -2.14. The van der Waals surface area contributed by atoms with E-state index < -0.39 is 10.0 Å². The molecule has 2 aromatic carbocycles. The lowest BCUT2D eigenvalue weighted by molar-refractivity contribution is 0.601. The van der Waals surface area contributed by atoms with E-state index in [4.69, 9.17) is 11.6 Å². The highest BCUT2D eigenvalue weighted by Crippen LogP contribution is 2.29. The highest BCUT2D eigenvalue weighted by atomic mass is 35.5. The van der Waals surface area contributed by atoms with Crippen molar-refractivity contribution in [2.45, 2.75) is 31.0 Å². The zero-order valence-electron chi connectivity index (χ0n) is 12.2. The summed E-state index contributed by atoms with van der Waals surface area (Å²) in [6, 6.07) is 12.2. The van der Waals surface area contributed by atoms with Gasteiger partial charge in [0.1, 0.15) is 0 Å².